The molecular formula is C23H40O4Si. The Balaban J connectivity index is 3.13. The van der Waals surface area contributed by atoms with Crippen LogP contribution in [-0.2, 0) is 18.8 Å². The van der Waals surface area contributed by atoms with E-state index in [1.54, 1.807) is 0 Å². The average molecular weight is 409 g/mol. The van der Waals surface area contributed by atoms with Crippen LogP contribution in [0.4, 0.5) is 0 Å². The number of unbranched alkanes of at least 4 members (excludes halogenated alkanes) is 3. The number of aldehydes is 1. The second-order valence-electron chi connectivity index (χ2n) is 9.37. The minimum atomic E-state index is -2.04. The van der Waals surface area contributed by atoms with Gasteiger partial charge in [-0.3, -0.25) is 4.79 Å². The van der Waals surface area contributed by atoms with Crippen LogP contribution in [-0.4, -0.2) is 32.8 Å². The molecule has 0 N–H and O–H groups in total. The Bertz CT molecular complexity index is 559. The van der Waals surface area contributed by atoms with E-state index in [0.717, 1.165) is 19.1 Å². The van der Waals surface area contributed by atoms with Crippen LogP contribution in [0.2, 0.25) is 18.1 Å². The van der Waals surface area contributed by atoms with Crippen molar-refractivity contribution < 1.29 is 18.8 Å². The second kappa shape index (κ2) is 11.1. The van der Waals surface area contributed by atoms with Crippen molar-refractivity contribution in [1.29, 1.82) is 0 Å². The number of rotatable bonds is 11. The molecule has 0 aromatic rings. The molecule has 0 bridgehead atoms. The molecule has 0 amide bonds. The fraction of sp³-hybridized carbons (Fsp3) is 0.739. The van der Waals surface area contributed by atoms with Gasteiger partial charge >= 0.3 is 5.97 Å². The Morgan fingerprint density at radius 1 is 1.21 bits per heavy atom. The van der Waals surface area contributed by atoms with Gasteiger partial charge < -0.3 is 14.0 Å². The van der Waals surface area contributed by atoms with Gasteiger partial charge in [-0.05, 0) is 43.0 Å². The maximum Gasteiger partial charge on any atom is 0.303 e. The summed E-state index contributed by atoms with van der Waals surface area (Å²) in [6.07, 6.45) is 13.7. The van der Waals surface area contributed by atoms with Crippen molar-refractivity contribution in [2.75, 3.05) is 0 Å². The normalized spacial score (nSPS) is 23.9. The topological polar surface area (TPSA) is 52.6 Å². The lowest BCUT2D eigenvalue weighted by atomic mass is 9.86. The molecule has 0 aliphatic heterocycles. The molecule has 0 heterocycles. The number of allylic oxidation sites excluding steroid dienone is 2. The lowest BCUT2D eigenvalue weighted by Gasteiger charge is -2.42. The van der Waals surface area contributed by atoms with Crippen LogP contribution in [0.25, 0.3) is 0 Å². The first-order valence-electron chi connectivity index (χ1n) is 10.7. The first kappa shape index (κ1) is 24.8. The van der Waals surface area contributed by atoms with E-state index in [-0.39, 0.29) is 35.1 Å². The summed E-state index contributed by atoms with van der Waals surface area (Å²) in [5.41, 5.74) is 0. The molecule has 0 aromatic heterocycles. The number of hydrogen-bond acceptors (Lipinski definition) is 4. The summed E-state index contributed by atoms with van der Waals surface area (Å²) in [7, 11) is -2.04. The highest BCUT2D eigenvalue weighted by atomic mass is 28.4. The number of carbonyl (C=O) groups excluding carboxylic acids is 2. The maximum absolute atomic E-state index is 11.6. The van der Waals surface area contributed by atoms with Gasteiger partial charge in [0.2, 0.25) is 0 Å². The Morgan fingerprint density at radius 3 is 2.43 bits per heavy atom. The zero-order valence-electron chi connectivity index (χ0n) is 18.9. The predicted molar refractivity (Wildman–Crippen MR) is 118 cm³/mol. The fourth-order valence-electron chi connectivity index (χ4n) is 3.35. The van der Waals surface area contributed by atoms with Crippen molar-refractivity contribution in [2.45, 2.75) is 97.1 Å². The molecule has 5 heteroatoms. The molecule has 0 spiro atoms. The quantitative estimate of drug-likeness (QED) is 0.142. The Labute approximate surface area is 172 Å². The van der Waals surface area contributed by atoms with Crippen LogP contribution >= 0.6 is 0 Å². The molecule has 0 fully saturated rings. The third-order valence-corrected chi connectivity index (χ3v) is 10.5. The zero-order chi connectivity index (χ0) is 21.4. The van der Waals surface area contributed by atoms with Crippen LogP contribution in [0.3, 0.4) is 0 Å². The Kier molecular flexibility index (Phi) is 9.85. The monoisotopic (exact) mass is 408 g/mol. The molecule has 4 atom stereocenters. The minimum Gasteiger partial charge on any atom is -0.458 e. The highest BCUT2D eigenvalue weighted by molar-refractivity contribution is 6.74. The molecule has 0 aromatic carbocycles. The van der Waals surface area contributed by atoms with Crippen LogP contribution in [0.1, 0.15) is 66.7 Å². The van der Waals surface area contributed by atoms with E-state index >= 15 is 0 Å². The standard InChI is InChI=1S/C23H40O4Si/c1-8-9-10-11-12-13-21(27-28(6,7)23(3,4)5)22-19(16-17-24)14-15-20(22)26-18(2)25/h12-15,17,19-22H,8-11,16H2,1-7H3/b13-12+/t19-,20-,21-,22-/m1/s1. The van der Waals surface area contributed by atoms with E-state index in [1.807, 2.05) is 12.2 Å². The maximum atomic E-state index is 11.6. The van der Waals surface area contributed by atoms with Gasteiger partial charge in [-0.15, -0.1) is 0 Å². The summed E-state index contributed by atoms with van der Waals surface area (Å²) in [6, 6.07) is 0. The molecule has 1 aliphatic carbocycles. The van der Waals surface area contributed by atoms with Gasteiger partial charge in [-0.1, -0.05) is 58.8 Å². The summed E-state index contributed by atoms with van der Waals surface area (Å²) in [4.78, 5) is 22.9. The van der Waals surface area contributed by atoms with E-state index in [4.69, 9.17) is 9.16 Å². The number of carbonyl (C=O) groups is 2. The van der Waals surface area contributed by atoms with Crippen LogP contribution in [0.15, 0.2) is 24.3 Å². The lowest BCUT2D eigenvalue weighted by molar-refractivity contribution is -0.147. The molecule has 0 saturated carbocycles. The van der Waals surface area contributed by atoms with Crippen molar-refractivity contribution in [1.82, 2.24) is 0 Å². The van der Waals surface area contributed by atoms with Gasteiger partial charge in [0, 0.05) is 19.3 Å². The molecule has 160 valence electrons. The average Bonchev–Trinajstić information content (AvgIpc) is 2.94. The number of ether oxygens (including phenoxy) is 1. The van der Waals surface area contributed by atoms with Crippen molar-refractivity contribution in [2.24, 2.45) is 11.8 Å². The molecule has 1 rings (SSSR count). The summed E-state index contributed by atoms with van der Waals surface area (Å²) in [6.45, 7) is 14.8. The highest BCUT2D eigenvalue weighted by Crippen LogP contribution is 2.41. The smallest absolute Gasteiger partial charge is 0.303 e. The van der Waals surface area contributed by atoms with Crippen LogP contribution < -0.4 is 0 Å². The summed E-state index contributed by atoms with van der Waals surface area (Å²) in [5, 5.41) is 0.0738. The molecule has 1 aliphatic rings. The summed E-state index contributed by atoms with van der Waals surface area (Å²) >= 11 is 0. The van der Waals surface area contributed by atoms with Crippen molar-refractivity contribution in [3.8, 4) is 0 Å². The predicted octanol–water partition coefficient (Wildman–Crippen LogP) is 5.84. The highest BCUT2D eigenvalue weighted by Gasteiger charge is 2.44. The van der Waals surface area contributed by atoms with Crippen molar-refractivity contribution >= 4 is 20.6 Å². The van der Waals surface area contributed by atoms with Gasteiger partial charge in [-0.25, -0.2) is 0 Å². The van der Waals surface area contributed by atoms with Crippen LogP contribution in [0, 0.1) is 11.8 Å². The van der Waals surface area contributed by atoms with Crippen LogP contribution in [0.5, 0.6) is 0 Å². The van der Waals surface area contributed by atoms with E-state index in [2.05, 4.69) is 52.9 Å². The largest absolute Gasteiger partial charge is 0.458 e. The first-order chi connectivity index (χ1) is 13.0. The Morgan fingerprint density at radius 2 is 1.89 bits per heavy atom. The van der Waals surface area contributed by atoms with Gasteiger partial charge in [0.15, 0.2) is 8.32 Å². The van der Waals surface area contributed by atoms with Crippen molar-refractivity contribution in [3.63, 3.8) is 0 Å². The van der Waals surface area contributed by atoms with E-state index < -0.39 is 8.32 Å². The van der Waals surface area contributed by atoms with Gasteiger partial charge in [0.25, 0.3) is 0 Å². The third-order valence-electron chi connectivity index (χ3n) is 6.01. The fourth-order valence-corrected chi connectivity index (χ4v) is 4.61. The molecular weight excluding hydrogens is 368 g/mol. The van der Waals surface area contributed by atoms with Gasteiger partial charge in [-0.2, -0.15) is 0 Å². The molecule has 4 nitrogen and oxygen atoms in total. The third kappa shape index (κ3) is 7.32. The van der Waals surface area contributed by atoms with E-state index in [9.17, 15) is 9.59 Å². The summed E-state index contributed by atoms with van der Waals surface area (Å²) < 4.78 is 12.4. The zero-order valence-corrected chi connectivity index (χ0v) is 19.9. The van der Waals surface area contributed by atoms with E-state index in [1.165, 1.54) is 19.8 Å². The Hall–Kier alpha value is -1.20. The molecule has 0 saturated heterocycles. The number of esters is 1. The van der Waals surface area contributed by atoms with Gasteiger partial charge in [0.05, 0.1) is 6.10 Å². The molecule has 0 radical (unpaired) electrons. The van der Waals surface area contributed by atoms with Gasteiger partial charge in [0.1, 0.15) is 12.4 Å². The molecule has 0 unspecified atom stereocenters. The molecule has 28 heavy (non-hydrogen) atoms. The minimum absolute atomic E-state index is 0.0249. The van der Waals surface area contributed by atoms with E-state index in [0.29, 0.717) is 6.42 Å². The first-order valence-corrected chi connectivity index (χ1v) is 13.6. The summed E-state index contributed by atoms with van der Waals surface area (Å²) in [5.74, 6) is -0.341. The van der Waals surface area contributed by atoms with Crippen molar-refractivity contribution in [3.05, 3.63) is 24.3 Å². The lowest BCUT2D eigenvalue weighted by Crippen LogP contribution is -2.48. The second-order valence-corrected chi connectivity index (χ2v) is 14.1. The SMILES string of the molecule is CCCCC/C=C/[C@@H](O[Si](C)(C)C(C)(C)C)[C@@H]1[C@@H](CC=O)C=C[C@H]1OC(C)=O. The number of hydrogen-bond donors (Lipinski definition) is 0.